The third kappa shape index (κ3) is 7.47. The molecule has 1 fully saturated rings. The van der Waals surface area contributed by atoms with Gasteiger partial charge in [0.15, 0.2) is 0 Å². The Morgan fingerprint density at radius 1 is 1.10 bits per heavy atom. The van der Waals surface area contributed by atoms with Gasteiger partial charge in [-0.25, -0.2) is 0 Å². The first-order valence-corrected chi connectivity index (χ1v) is 15.9. The van der Waals surface area contributed by atoms with Gasteiger partial charge >= 0.3 is 185 Å². The van der Waals surface area contributed by atoms with Crippen LogP contribution in [0.25, 0.3) is 16.8 Å². The molecule has 3 aromatic heterocycles. The Morgan fingerprint density at radius 2 is 1.93 bits per heavy atom. The number of amides is 2. The van der Waals surface area contributed by atoms with Gasteiger partial charge in [0, 0.05) is 12.1 Å². The van der Waals surface area contributed by atoms with Crippen molar-refractivity contribution in [2.24, 2.45) is 0 Å². The number of hydrogen-bond acceptors (Lipinski definition) is 7. The van der Waals surface area contributed by atoms with Gasteiger partial charge in [-0.3, -0.25) is 4.79 Å². The van der Waals surface area contributed by atoms with Crippen LogP contribution in [0, 0.1) is 0 Å². The molecule has 1 unspecified atom stereocenters. The van der Waals surface area contributed by atoms with E-state index in [9.17, 15) is 9.59 Å². The number of benzene rings is 1. The predicted octanol–water partition coefficient (Wildman–Crippen LogP) is 2.97. The van der Waals surface area contributed by atoms with Gasteiger partial charge in [0.2, 0.25) is 5.91 Å². The van der Waals surface area contributed by atoms with E-state index in [4.69, 9.17) is 4.98 Å². The number of nitrogens with one attached hydrogen (secondary N) is 2. The Kier molecular flexibility index (Phi) is 9.60. The summed E-state index contributed by atoms with van der Waals surface area (Å²) in [6.07, 6.45) is 7.88. The summed E-state index contributed by atoms with van der Waals surface area (Å²) in [5.74, 6) is 0.533. The minimum Gasteiger partial charge on any atom is -0.0377 e. The second-order valence-electron chi connectivity index (χ2n) is 10.6. The summed E-state index contributed by atoms with van der Waals surface area (Å²) in [5, 5.41) is 11.1. The number of rotatable bonds is 9. The summed E-state index contributed by atoms with van der Waals surface area (Å²) < 4.78 is 2.94. The average Bonchev–Trinajstić information content (AvgIpc) is 3.12. The summed E-state index contributed by atoms with van der Waals surface area (Å²) in [7, 11) is 3.99. The Hall–Kier alpha value is -3.39. The summed E-state index contributed by atoms with van der Waals surface area (Å²) in [4.78, 5) is 39.0. The van der Waals surface area contributed by atoms with Crippen LogP contribution in [0.4, 0.5) is 11.6 Å². The fraction of sp³-hybridized carbons (Fsp3) is 0.367. The molecule has 1 aliphatic rings. The van der Waals surface area contributed by atoms with Crippen molar-refractivity contribution in [1.29, 1.82) is 0 Å². The molecule has 1 saturated heterocycles. The van der Waals surface area contributed by atoms with Gasteiger partial charge in [-0.1, -0.05) is 0 Å². The molecular formula is C30H35N8O2Pb. The number of pyridine rings is 1. The Morgan fingerprint density at radius 3 is 2.73 bits per heavy atom. The monoisotopic (exact) mass is 747 g/mol. The van der Waals surface area contributed by atoms with Crippen molar-refractivity contribution >= 4 is 58.0 Å². The van der Waals surface area contributed by atoms with Crippen molar-refractivity contribution < 1.29 is 9.59 Å². The van der Waals surface area contributed by atoms with Gasteiger partial charge in [0.05, 0.1) is 0 Å². The second kappa shape index (κ2) is 13.5. The minimum absolute atomic E-state index is 0.0100. The van der Waals surface area contributed by atoms with Crippen molar-refractivity contribution in [3.63, 3.8) is 0 Å². The van der Waals surface area contributed by atoms with E-state index in [1.165, 1.54) is 0 Å². The fourth-order valence-electron chi connectivity index (χ4n) is 5.10. The Balaban J connectivity index is 1.22. The number of aromatic nitrogens is 4. The summed E-state index contributed by atoms with van der Waals surface area (Å²) in [6.45, 7) is 2.14. The summed E-state index contributed by atoms with van der Waals surface area (Å²) >= 11 is 0.806. The van der Waals surface area contributed by atoms with Crippen molar-refractivity contribution in [2.75, 3.05) is 44.4 Å². The van der Waals surface area contributed by atoms with Crippen LogP contribution in [0.1, 0.15) is 42.5 Å². The molecule has 5 rings (SSSR count). The Bertz CT molecular complexity index is 1500. The molecule has 1 atom stereocenters. The van der Waals surface area contributed by atoms with Crippen LogP contribution in [0.15, 0.2) is 60.9 Å². The molecule has 4 heterocycles. The van der Waals surface area contributed by atoms with Crippen molar-refractivity contribution in [3.05, 3.63) is 66.5 Å². The molecule has 3 radical (unpaired) electrons. The number of likely N-dealkylation sites (tertiary alicyclic amines) is 1. The zero-order chi connectivity index (χ0) is 28.8. The van der Waals surface area contributed by atoms with Gasteiger partial charge in [-0.2, -0.15) is 0 Å². The van der Waals surface area contributed by atoms with Crippen LogP contribution in [0.5, 0.6) is 0 Å². The number of fused-ring (bicyclic) bond motifs is 1. The molecule has 11 heteroatoms. The molecule has 211 valence electrons. The maximum atomic E-state index is 13.4. The minimum atomic E-state index is -0.0162. The molecular weight excluding hydrogens is 712 g/mol. The summed E-state index contributed by atoms with van der Waals surface area (Å²) in [5.41, 5.74) is 4.24. The average molecular weight is 747 g/mol. The zero-order valence-electron chi connectivity index (χ0n) is 23.5. The van der Waals surface area contributed by atoms with Crippen LogP contribution in [0.3, 0.4) is 0 Å². The van der Waals surface area contributed by atoms with Gasteiger partial charge in [-0.05, 0) is 39.2 Å². The molecule has 2 amide bonds. The van der Waals surface area contributed by atoms with E-state index in [-0.39, 0.29) is 17.9 Å². The molecule has 0 saturated carbocycles. The van der Waals surface area contributed by atoms with Gasteiger partial charge in [-0.15, -0.1) is 0 Å². The number of carbonyl (C=O) groups excluding carboxylic acids is 2. The molecule has 1 aromatic carbocycles. The first kappa shape index (κ1) is 29.1. The van der Waals surface area contributed by atoms with E-state index in [1.807, 2.05) is 47.9 Å². The third-order valence-corrected chi connectivity index (χ3v) is 8.53. The smallest absolute Gasteiger partial charge is 0.0377 e. The normalized spacial score (nSPS) is 15.6. The van der Waals surface area contributed by atoms with Crippen LogP contribution < -0.4 is 13.9 Å². The topological polar surface area (TPSA) is 108 Å². The molecule has 41 heavy (non-hydrogen) atoms. The molecule has 4 aromatic rings. The quantitative estimate of drug-likeness (QED) is 0.254. The standard InChI is InChI=1S/C30H35N8O2.Pb/c1-36(2)17-7-10-28(39)33-23-13-11-22(12-14-23)29(40)37-18-5-3-8-24(21-37)34-30-31-16-15-26(35-30)25-20-32-38-19-6-4-9-27(25)38;/h4,6,9,11-16,19,24H,3,5,7-8,10,17-18,21H2,1-2H3,(H,33,39)(H,31,34,35);. The van der Waals surface area contributed by atoms with Crippen molar-refractivity contribution in [1.82, 2.24) is 29.4 Å². The number of nitrogens with zero attached hydrogens (tertiary/aromatic N) is 6. The molecule has 0 spiro atoms. The third-order valence-electron chi connectivity index (χ3n) is 7.17. The van der Waals surface area contributed by atoms with Crippen LogP contribution >= 0.6 is 0 Å². The molecule has 1 aliphatic heterocycles. The maximum absolute atomic E-state index is 13.4. The van der Waals surface area contributed by atoms with E-state index < -0.39 is 0 Å². The van der Waals surface area contributed by atoms with E-state index in [0.717, 1.165) is 78.0 Å². The molecule has 10 nitrogen and oxygen atoms in total. The van der Waals surface area contributed by atoms with Crippen molar-refractivity contribution in [2.45, 2.75) is 38.1 Å². The Labute approximate surface area is 256 Å². The first-order chi connectivity index (χ1) is 19.9. The number of hydrogen-bond donors (Lipinski definition) is 2. The molecule has 0 aliphatic carbocycles. The van der Waals surface area contributed by atoms with Gasteiger partial charge in [0.1, 0.15) is 0 Å². The van der Waals surface area contributed by atoms with E-state index in [1.54, 1.807) is 30.5 Å². The van der Waals surface area contributed by atoms with E-state index in [2.05, 4.69) is 31.7 Å². The fourth-order valence-corrected chi connectivity index (χ4v) is 6.52. The second-order valence-corrected chi connectivity index (χ2v) is 12.5. The van der Waals surface area contributed by atoms with Gasteiger partial charge < -0.3 is 10.2 Å². The van der Waals surface area contributed by atoms with E-state index >= 15 is 0 Å². The molecule has 2 N–H and O–H groups in total. The van der Waals surface area contributed by atoms with Crippen molar-refractivity contribution in [3.8, 4) is 11.3 Å². The van der Waals surface area contributed by atoms with Gasteiger partial charge in [0.25, 0.3) is 0 Å². The summed E-state index contributed by atoms with van der Waals surface area (Å²) in [6, 6.07) is 15.2. The number of anilines is 2. The predicted molar refractivity (Wildman–Crippen MR) is 162 cm³/mol. The molecule has 0 bridgehead atoms. The first-order valence-electron chi connectivity index (χ1n) is 14.0. The van der Waals surface area contributed by atoms with Crippen LogP contribution in [-0.2, 0) is 4.79 Å². The van der Waals surface area contributed by atoms with Crippen LogP contribution in [-0.4, -0.2) is 107 Å². The zero-order valence-corrected chi connectivity index (χ0v) is 27.4. The van der Waals surface area contributed by atoms with Crippen LogP contribution in [0.2, 0.25) is 0 Å². The van der Waals surface area contributed by atoms with E-state index in [0.29, 0.717) is 36.7 Å². The number of carbonyl (C=O) groups is 2. The SMILES string of the molecule is CN(C)CCCC(=O)Nc1ccc(C(=O)N2CCCCC(Nc3nccc(-c4[c]([Pb])nn5ccccc45)n3)C2)cc1.